The molecule has 0 radical (unpaired) electrons. The summed E-state index contributed by atoms with van der Waals surface area (Å²) in [6.07, 6.45) is 1.15. The van der Waals surface area contributed by atoms with E-state index in [0.29, 0.717) is 31.1 Å². The largest absolute Gasteiger partial charge is 0.487 e. The molecule has 0 aliphatic carbocycles. The van der Waals surface area contributed by atoms with Gasteiger partial charge in [-0.3, -0.25) is 4.90 Å². The number of para-hydroxylation sites is 2. The molecule has 0 unspecified atom stereocenters. The summed E-state index contributed by atoms with van der Waals surface area (Å²) in [5, 5.41) is 13.4. The number of carbonyl (C=O) groups is 1. The maximum Gasteiger partial charge on any atom is 0.322 e. The first-order valence-corrected chi connectivity index (χ1v) is 9.08. The van der Waals surface area contributed by atoms with Crippen LogP contribution in [0.3, 0.4) is 0 Å². The van der Waals surface area contributed by atoms with Crippen molar-refractivity contribution in [2.75, 3.05) is 58.2 Å². The highest BCUT2D eigenvalue weighted by Gasteiger charge is 2.38. The van der Waals surface area contributed by atoms with E-state index in [0.717, 1.165) is 26.2 Å². The number of hydrogen-bond donors (Lipinski definition) is 2. The third-order valence-corrected chi connectivity index (χ3v) is 5.04. The Morgan fingerprint density at radius 3 is 2.77 bits per heavy atom. The van der Waals surface area contributed by atoms with Crippen molar-refractivity contribution < 1.29 is 14.6 Å². The lowest BCUT2D eigenvalue weighted by Crippen LogP contribution is -2.52. The summed E-state index contributed by atoms with van der Waals surface area (Å²) >= 11 is 0. The van der Waals surface area contributed by atoms with E-state index in [1.165, 1.54) is 0 Å². The number of benzene rings is 1. The monoisotopic (exact) mass is 360 g/mol. The van der Waals surface area contributed by atoms with Crippen molar-refractivity contribution in [1.29, 1.82) is 0 Å². The third-order valence-electron chi connectivity index (χ3n) is 5.04. The number of piperazine rings is 1. The van der Waals surface area contributed by atoms with Crippen LogP contribution in [-0.2, 0) is 0 Å². The standard InChI is InChI=1S/C19H28N4O3/c1-3-12-26-18-7-5-4-6-15(18)20-19(25)23-13-16(17(24)14-23)22-10-8-21(2)9-11-22/h3-7,16-17,24H,1,8-14H2,2H3,(H,20,25)/t16-,17-/m0/s1. The highest BCUT2D eigenvalue weighted by Crippen LogP contribution is 2.25. The molecule has 2 atom stereocenters. The summed E-state index contributed by atoms with van der Waals surface area (Å²) < 4.78 is 5.58. The number of anilines is 1. The van der Waals surface area contributed by atoms with Gasteiger partial charge in [-0.2, -0.15) is 0 Å². The SMILES string of the molecule is C=CCOc1ccccc1NC(=O)N1C[C@H](O)[C@@H](N2CCN(C)CC2)C1. The van der Waals surface area contributed by atoms with Crippen LogP contribution in [0.25, 0.3) is 0 Å². The number of carbonyl (C=O) groups excluding carboxylic acids is 1. The molecule has 0 saturated carbocycles. The van der Waals surface area contributed by atoms with Crippen LogP contribution in [-0.4, -0.2) is 90.9 Å². The zero-order valence-corrected chi connectivity index (χ0v) is 15.3. The van der Waals surface area contributed by atoms with Gasteiger partial charge in [0.25, 0.3) is 0 Å². The molecule has 2 amide bonds. The van der Waals surface area contributed by atoms with Crippen LogP contribution in [0.2, 0.25) is 0 Å². The number of nitrogens with zero attached hydrogens (tertiary/aromatic N) is 3. The second kappa shape index (κ2) is 8.53. The van der Waals surface area contributed by atoms with E-state index < -0.39 is 6.10 Å². The molecule has 2 fully saturated rings. The number of hydrogen-bond acceptors (Lipinski definition) is 5. The van der Waals surface area contributed by atoms with Crippen molar-refractivity contribution in [3.63, 3.8) is 0 Å². The van der Waals surface area contributed by atoms with Crippen LogP contribution >= 0.6 is 0 Å². The minimum Gasteiger partial charge on any atom is -0.487 e. The van der Waals surface area contributed by atoms with E-state index >= 15 is 0 Å². The van der Waals surface area contributed by atoms with Gasteiger partial charge < -0.3 is 25.0 Å². The summed E-state index contributed by atoms with van der Waals surface area (Å²) in [4.78, 5) is 18.9. The number of likely N-dealkylation sites (tertiary alicyclic amines) is 1. The minimum absolute atomic E-state index is 0.00158. The van der Waals surface area contributed by atoms with E-state index in [1.807, 2.05) is 18.2 Å². The van der Waals surface area contributed by atoms with Crippen molar-refractivity contribution in [2.24, 2.45) is 0 Å². The average molecular weight is 360 g/mol. The molecule has 3 rings (SSSR count). The number of likely N-dealkylation sites (N-methyl/N-ethyl adjacent to an activating group) is 1. The number of β-amino-alcohol motifs (C(OH)–C–C–N with tert-alkyl or cyclic N) is 1. The van der Waals surface area contributed by atoms with Gasteiger partial charge in [-0.25, -0.2) is 4.79 Å². The fourth-order valence-electron chi connectivity index (χ4n) is 3.49. The number of aliphatic hydroxyl groups is 1. The predicted molar refractivity (Wildman–Crippen MR) is 102 cm³/mol. The highest BCUT2D eigenvalue weighted by atomic mass is 16.5. The Bertz CT molecular complexity index is 631. The summed E-state index contributed by atoms with van der Waals surface area (Å²) in [6, 6.07) is 7.11. The van der Waals surface area contributed by atoms with Gasteiger partial charge >= 0.3 is 6.03 Å². The fourth-order valence-corrected chi connectivity index (χ4v) is 3.49. The molecule has 7 heteroatoms. The number of ether oxygens (including phenoxy) is 1. The number of rotatable bonds is 5. The van der Waals surface area contributed by atoms with Gasteiger partial charge in [0.1, 0.15) is 12.4 Å². The van der Waals surface area contributed by atoms with Crippen molar-refractivity contribution in [1.82, 2.24) is 14.7 Å². The molecule has 142 valence electrons. The number of amides is 2. The highest BCUT2D eigenvalue weighted by molar-refractivity contribution is 5.91. The van der Waals surface area contributed by atoms with Crippen LogP contribution in [0.4, 0.5) is 10.5 Å². The van der Waals surface area contributed by atoms with Gasteiger partial charge in [-0.05, 0) is 19.2 Å². The number of urea groups is 1. The van der Waals surface area contributed by atoms with Gasteiger partial charge in [0.2, 0.25) is 0 Å². The third kappa shape index (κ3) is 4.35. The van der Waals surface area contributed by atoms with Crippen LogP contribution in [0.5, 0.6) is 5.75 Å². The first kappa shape index (κ1) is 18.7. The average Bonchev–Trinajstić information content (AvgIpc) is 3.03. The van der Waals surface area contributed by atoms with E-state index in [-0.39, 0.29) is 12.1 Å². The van der Waals surface area contributed by atoms with Gasteiger partial charge in [-0.1, -0.05) is 24.8 Å². The smallest absolute Gasteiger partial charge is 0.322 e. The summed E-state index contributed by atoms with van der Waals surface area (Å²) in [5.74, 6) is 0.608. The first-order chi connectivity index (χ1) is 12.6. The van der Waals surface area contributed by atoms with E-state index in [4.69, 9.17) is 4.74 Å². The quantitative estimate of drug-likeness (QED) is 0.769. The molecule has 0 bridgehead atoms. The Morgan fingerprint density at radius 2 is 2.04 bits per heavy atom. The van der Waals surface area contributed by atoms with Crippen molar-refractivity contribution in [2.45, 2.75) is 12.1 Å². The predicted octanol–water partition coefficient (Wildman–Crippen LogP) is 1.08. The van der Waals surface area contributed by atoms with Crippen LogP contribution in [0.1, 0.15) is 0 Å². The lowest BCUT2D eigenvalue weighted by atomic mass is 10.1. The van der Waals surface area contributed by atoms with E-state index in [9.17, 15) is 9.90 Å². The molecular weight excluding hydrogens is 332 g/mol. The van der Waals surface area contributed by atoms with Crippen LogP contribution in [0, 0.1) is 0 Å². The lowest BCUT2D eigenvalue weighted by molar-refractivity contribution is 0.0512. The summed E-state index contributed by atoms with van der Waals surface area (Å²) in [5.41, 5.74) is 0.622. The van der Waals surface area contributed by atoms with Crippen molar-refractivity contribution in [3.8, 4) is 5.75 Å². The van der Waals surface area contributed by atoms with Gasteiger partial charge in [0.05, 0.1) is 24.4 Å². The molecule has 2 N–H and O–H groups in total. The molecule has 2 aliphatic rings. The fraction of sp³-hybridized carbons (Fsp3) is 0.526. The normalized spacial score (nSPS) is 24.5. The Kier molecular flexibility index (Phi) is 6.13. The van der Waals surface area contributed by atoms with Crippen molar-refractivity contribution >= 4 is 11.7 Å². The molecule has 7 nitrogen and oxygen atoms in total. The van der Waals surface area contributed by atoms with Crippen molar-refractivity contribution in [3.05, 3.63) is 36.9 Å². The Morgan fingerprint density at radius 1 is 1.31 bits per heavy atom. The molecule has 0 spiro atoms. The molecule has 26 heavy (non-hydrogen) atoms. The number of aliphatic hydroxyl groups excluding tert-OH is 1. The lowest BCUT2D eigenvalue weighted by Gasteiger charge is -2.37. The zero-order chi connectivity index (χ0) is 18.5. The topological polar surface area (TPSA) is 68.3 Å². The molecule has 2 aliphatic heterocycles. The second-order valence-electron chi connectivity index (χ2n) is 6.90. The first-order valence-electron chi connectivity index (χ1n) is 9.08. The molecular formula is C19H28N4O3. The molecule has 1 aromatic rings. The minimum atomic E-state index is -0.517. The molecule has 2 heterocycles. The van der Waals surface area contributed by atoms with E-state index in [2.05, 4.69) is 28.7 Å². The summed E-state index contributed by atoms with van der Waals surface area (Å²) in [7, 11) is 2.11. The summed E-state index contributed by atoms with van der Waals surface area (Å²) in [6.45, 7) is 8.72. The van der Waals surface area contributed by atoms with Gasteiger partial charge in [-0.15, -0.1) is 0 Å². The van der Waals surface area contributed by atoms with Crippen LogP contribution < -0.4 is 10.1 Å². The molecule has 0 aromatic heterocycles. The Labute approximate surface area is 154 Å². The van der Waals surface area contributed by atoms with Crippen LogP contribution in [0.15, 0.2) is 36.9 Å². The molecule has 2 saturated heterocycles. The zero-order valence-electron chi connectivity index (χ0n) is 15.3. The van der Waals surface area contributed by atoms with E-state index in [1.54, 1.807) is 17.0 Å². The maximum absolute atomic E-state index is 12.7. The van der Waals surface area contributed by atoms with Gasteiger partial charge in [0, 0.05) is 32.7 Å². The van der Waals surface area contributed by atoms with Gasteiger partial charge in [0.15, 0.2) is 0 Å². The number of nitrogens with one attached hydrogen (secondary N) is 1. The second-order valence-corrected chi connectivity index (χ2v) is 6.90. The molecule has 1 aromatic carbocycles. The Hall–Kier alpha value is -2.09. The Balaban J connectivity index is 1.60. The maximum atomic E-state index is 12.7.